The zero-order valence-corrected chi connectivity index (χ0v) is 14.9. The molecule has 1 amide bonds. The number of aliphatic hydroxyl groups excluding tert-OH is 1. The Balaban J connectivity index is 1.97. The van der Waals surface area contributed by atoms with Gasteiger partial charge in [-0.2, -0.15) is 0 Å². The molecule has 6 heteroatoms. The minimum absolute atomic E-state index is 0.130. The number of nitrogens with one attached hydrogen (secondary N) is 1. The van der Waals surface area contributed by atoms with Gasteiger partial charge < -0.3 is 15.2 Å². The van der Waals surface area contributed by atoms with E-state index in [1.54, 1.807) is 31.4 Å². The Hall–Kier alpha value is -2.08. The molecule has 0 heterocycles. The molecule has 0 fully saturated rings. The van der Waals surface area contributed by atoms with Gasteiger partial charge in [0, 0.05) is 24.7 Å². The minimum atomic E-state index is -0.681. The van der Waals surface area contributed by atoms with E-state index in [0.717, 1.165) is 11.3 Å². The number of hydrogen-bond acceptors (Lipinski definition) is 4. The molecule has 0 saturated carbocycles. The molecule has 134 valence electrons. The lowest BCUT2D eigenvalue weighted by Gasteiger charge is -2.24. The van der Waals surface area contributed by atoms with Crippen molar-refractivity contribution in [3.63, 3.8) is 0 Å². The van der Waals surface area contributed by atoms with Crippen molar-refractivity contribution < 1.29 is 14.6 Å². The van der Waals surface area contributed by atoms with Gasteiger partial charge in [-0.15, -0.1) is 11.6 Å². The number of methoxy groups -OCH3 is 1. The smallest absolute Gasteiger partial charge is 0.238 e. The Morgan fingerprint density at radius 3 is 2.48 bits per heavy atom. The van der Waals surface area contributed by atoms with Crippen molar-refractivity contribution in [1.82, 2.24) is 4.90 Å². The van der Waals surface area contributed by atoms with Crippen molar-refractivity contribution in [2.75, 3.05) is 31.4 Å². The van der Waals surface area contributed by atoms with Crippen LogP contribution in [0, 0.1) is 0 Å². The van der Waals surface area contributed by atoms with E-state index in [2.05, 4.69) is 5.32 Å². The molecular weight excluding hydrogens is 340 g/mol. The van der Waals surface area contributed by atoms with E-state index in [4.69, 9.17) is 16.3 Å². The highest BCUT2D eigenvalue weighted by atomic mass is 35.5. The van der Waals surface area contributed by atoms with Crippen molar-refractivity contribution in [3.05, 3.63) is 60.2 Å². The van der Waals surface area contributed by atoms with Gasteiger partial charge in [0.15, 0.2) is 0 Å². The second kappa shape index (κ2) is 10.0. The molecule has 0 radical (unpaired) electrons. The first kappa shape index (κ1) is 19.2. The van der Waals surface area contributed by atoms with E-state index < -0.39 is 6.10 Å². The topological polar surface area (TPSA) is 61.8 Å². The van der Waals surface area contributed by atoms with Crippen LogP contribution in [0.15, 0.2) is 54.6 Å². The highest BCUT2D eigenvalue weighted by Crippen LogP contribution is 2.15. The predicted octanol–water partition coefficient (Wildman–Crippen LogP) is 2.74. The van der Waals surface area contributed by atoms with E-state index in [0.29, 0.717) is 18.8 Å². The molecule has 2 rings (SSSR count). The molecule has 1 unspecified atom stereocenters. The van der Waals surface area contributed by atoms with Crippen molar-refractivity contribution in [2.45, 2.75) is 12.6 Å². The lowest BCUT2D eigenvalue weighted by molar-refractivity contribution is -0.117. The first-order valence-corrected chi connectivity index (χ1v) is 8.58. The van der Waals surface area contributed by atoms with Crippen LogP contribution in [0.1, 0.15) is 5.56 Å². The van der Waals surface area contributed by atoms with Crippen LogP contribution in [0.2, 0.25) is 0 Å². The molecule has 0 aliphatic carbocycles. The third kappa shape index (κ3) is 6.74. The Bertz CT molecular complexity index is 649. The second-order valence-corrected chi connectivity index (χ2v) is 6.05. The first-order chi connectivity index (χ1) is 12.1. The van der Waals surface area contributed by atoms with E-state index >= 15 is 0 Å². The molecule has 1 atom stereocenters. The van der Waals surface area contributed by atoms with Gasteiger partial charge in [-0.25, -0.2) is 0 Å². The zero-order valence-electron chi connectivity index (χ0n) is 14.2. The molecule has 2 N–H and O–H groups in total. The van der Waals surface area contributed by atoms with E-state index in [9.17, 15) is 9.90 Å². The fourth-order valence-corrected chi connectivity index (χ4v) is 2.55. The molecule has 0 bridgehead atoms. The maximum Gasteiger partial charge on any atom is 0.238 e. The van der Waals surface area contributed by atoms with Crippen LogP contribution in [-0.2, 0) is 11.3 Å². The number of anilines is 1. The van der Waals surface area contributed by atoms with Crippen molar-refractivity contribution in [1.29, 1.82) is 0 Å². The predicted molar refractivity (Wildman–Crippen MR) is 100 cm³/mol. The van der Waals surface area contributed by atoms with Crippen LogP contribution < -0.4 is 10.1 Å². The molecule has 0 aliphatic rings. The molecule has 2 aromatic carbocycles. The standard InChI is InChI=1S/C19H23ClN2O3/c1-25-18-9-7-16(8-10-18)21-19(24)14-22(13-17(23)11-20)12-15-5-3-2-4-6-15/h2-10,17,23H,11-14H2,1H3,(H,21,24). The molecule has 2 aromatic rings. The first-order valence-electron chi connectivity index (χ1n) is 8.05. The van der Waals surface area contributed by atoms with E-state index in [1.165, 1.54) is 0 Å². The number of rotatable bonds is 9. The summed E-state index contributed by atoms with van der Waals surface area (Å²) in [5.41, 5.74) is 1.77. The number of ether oxygens (including phenoxy) is 1. The van der Waals surface area contributed by atoms with Crippen LogP contribution >= 0.6 is 11.6 Å². The summed E-state index contributed by atoms with van der Waals surface area (Å²) >= 11 is 5.70. The van der Waals surface area contributed by atoms with Gasteiger partial charge in [-0.05, 0) is 29.8 Å². The summed E-state index contributed by atoms with van der Waals surface area (Å²) in [6.07, 6.45) is -0.681. The van der Waals surface area contributed by atoms with Gasteiger partial charge in [-0.3, -0.25) is 9.69 Å². The normalized spacial score (nSPS) is 12.0. The monoisotopic (exact) mass is 362 g/mol. The fourth-order valence-electron chi connectivity index (χ4n) is 2.45. The molecule has 0 aliphatic heterocycles. The summed E-state index contributed by atoms with van der Waals surface area (Å²) in [4.78, 5) is 14.2. The molecular formula is C19H23ClN2O3. The summed E-state index contributed by atoms with van der Waals surface area (Å²) in [6.45, 7) is 1.05. The lowest BCUT2D eigenvalue weighted by atomic mass is 10.2. The van der Waals surface area contributed by atoms with Gasteiger partial charge in [0.2, 0.25) is 5.91 Å². The number of alkyl halides is 1. The quantitative estimate of drug-likeness (QED) is 0.673. The highest BCUT2D eigenvalue weighted by Gasteiger charge is 2.15. The molecule has 0 aromatic heterocycles. The summed E-state index contributed by atoms with van der Waals surface area (Å²) in [6, 6.07) is 17.0. The average Bonchev–Trinajstić information content (AvgIpc) is 2.63. The van der Waals surface area contributed by atoms with E-state index in [1.807, 2.05) is 35.2 Å². The number of benzene rings is 2. The van der Waals surface area contributed by atoms with Crippen molar-refractivity contribution >= 4 is 23.2 Å². The summed E-state index contributed by atoms with van der Waals surface area (Å²) in [7, 11) is 1.59. The SMILES string of the molecule is COc1ccc(NC(=O)CN(Cc2ccccc2)CC(O)CCl)cc1. The van der Waals surface area contributed by atoms with Gasteiger partial charge in [0.1, 0.15) is 5.75 Å². The second-order valence-electron chi connectivity index (χ2n) is 5.74. The number of aliphatic hydroxyl groups is 1. The van der Waals surface area contributed by atoms with Gasteiger partial charge in [-0.1, -0.05) is 30.3 Å². The third-order valence-electron chi connectivity index (χ3n) is 3.64. The van der Waals surface area contributed by atoms with Crippen LogP contribution in [-0.4, -0.2) is 48.1 Å². The minimum Gasteiger partial charge on any atom is -0.497 e. The number of amides is 1. The van der Waals surface area contributed by atoms with Crippen LogP contribution in [0.5, 0.6) is 5.75 Å². The van der Waals surface area contributed by atoms with Crippen molar-refractivity contribution in [3.8, 4) is 5.75 Å². The van der Waals surface area contributed by atoms with Crippen LogP contribution in [0.3, 0.4) is 0 Å². The molecule has 0 spiro atoms. The van der Waals surface area contributed by atoms with Crippen LogP contribution in [0.25, 0.3) is 0 Å². The zero-order chi connectivity index (χ0) is 18.1. The average molecular weight is 363 g/mol. The van der Waals surface area contributed by atoms with E-state index in [-0.39, 0.29) is 18.3 Å². The number of carbonyl (C=O) groups is 1. The largest absolute Gasteiger partial charge is 0.497 e. The molecule has 25 heavy (non-hydrogen) atoms. The fraction of sp³-hybridized carbons (Fsp3) is 0.316. The van der Waals surface area contributed by atoms with Crippen molar-refractivity contribution in [2.24, 2.45) is 0 Å². The Kier molecular flexibility index (Phi) is 7.73. The Morgan fingerprint density at radius 2 is 1.88 bits per heavy atom. The Morgan fingerprint density at radius 1 is 1.20 bits per heavy atom. The van der Waals surface area contributed by atoms with Crippen LogP contribution in [0.4, 0.5) is 5.69 Å². The van der Waals surface area contributed by atoms with Gasteiger partial charge in [0.25, 0.3) is 0 Å². The maximum absolute atomic E-state index is 12.3. The highest BCUT2D eigenvalue weighted by molar-refractivity contribution is 6.18. The summed E-state index contributed by atoms with van der Waals surface area (Å²) in [5, 5.41) is 12.7. The van der Waals surface area contributed by atoms with Gasteiger partial charge in [0.05, 0.1) is 19.8 Å². The number of carbonyl (C=O) groups excluding carboxylic acids is 1. The Labute approximate surface area is 153 Å². The summed E-state index contributed by atoms with van der Waals surface area (Å²) < 4.78 is 5.10. The number of nitrogens with zero attached hydrogens (tertiary/aromatic N) is 1. The number of hydrogen-bond donors (Lipinski definition) is 2. The van der Waals surface area contributed by atoms with Gasteiger partial charge >= 0.3 is 0 Å². The maximum atomic E-state index is 12.3. The molecule has 5 nitrogen and oxygen atoms in total. The summed E-state index contributed by atoms with van der Waals surface area (Å²) in [5.74, 6) is 0.711. The third-order valence-corrected chi connectivity index (χ3v) is 3.99. The number of halogens is 1. The molecule has 0 saturated heterocycles. The lowest BCUT2D eigenvalue weighted by Crippen LogP contribution is -2.38.